The van der Waals surface area contributed by atoms with Crippen molar-refractivity contribution in [2.24, 2.45) is 7.05 Å². The van der Waals surface area contributed by atoms with Crippen molar-refractivity contribution in [3.05, 3.63) is 47.7 Å². The zero-order valence-corrected chi connectivity index (χ0v) is 17.2. The Morgan fingerprint density at radius 2 is 2.03 bits per heavy atom. The third-order valence-corrected chi connectivity index (χ3v) is 6.00. The van der Waals surface area contributed by atoms with Gasteiger partial charge in [0.15, 0.2) is 5.82 Å². The van der Waals surface area contributed by atoms with Gasteiger partial charge in [-0.25, -0.2) is 9.50 Å². The molecule has 0 bridgehead atoms. The number of halogens is 1. The van der Waals surface area contributed by atoms with Crippen LogP contribution >= 0.6 is 22.9 Å². The summed E-state index contributed by atoms with van der Waals surface area (Å²) in [5.41, 5.74) is 1.82. The van der Waals surface area contributed by atoms with Crippen molar-refractivity contribution in [1.82, 2.24) is 24.4 Å². The number of carbonyl (C=O) groups is 1. The first-order valence-corrected chi connectivity index (χ1v) is 10.5. The van der Waals surface area contributed by atoms with Crippen LogP contribution in [0.2, 0.25) is 5.02 Å². The molecule has 10 heteroatoms. The monoisotopic (exact) mass is 427 g/mol. The Hall–Kier alpha value is -2.91. The maximum Gasteiger partial charge on any atom is 0.250 e. The Labute approximate surface area is 175 Å². The number of carbonyl (C=O) groups excluding carboxylic acids is 1. The molecule has 4 aromatic rings. The molecule has 1 saturated heterocycles. The zero-order chi connectivity index (χ0) is 20.0. The number of imidazole rings is 1. The van der Waals surface area contributed by atoms with Crippen LogP contribution in [-0.4, -0.2) is 42.9 Å². The Morgan fingerprint density at radius 1 is 1.21 bits per heavy atom. The Morgan fingerprint density at radius 3 is 2.76 bits per heavy atom. The van der Waals surface area contributed by atoms with Crippen molar-refractivity contribution in [3.8, 4) is 11.3 Å². The number of amides is 1. The number of aryl methyl sites for hydroxylation is 1. The van der Waals surface area contributed by atoms with Gasteiger partial charge in [0.25, 0.3) is 5.91 Å². The Bertz CT molecular complexity index is 1150. The molecule has 1 unspecified atom stereocenters. The van der Waals surface area contributed by atoms with E-state index in [9.17, 15) is 4.79 Å². The van der Waals surface area contributed by atoms with Crippen LogP contribution in [0.15, 0.2) is 42.7 Å². The first-order valence-electron chi connectivity index (χ1n) is 9.26. The molecule has 1 N–H and O–H groups in total. The smallest absolute Gasteiger partial charge is 0.250 e. The number of aromatic nitrogens is 5. The van der Waals surface area contributed by atoms with Gasteiger partial charge in [-0.1, -0.05) is 35.1 Å². The predicted molar refractivity (Wildman–Crippen MR) is 114 cm³/mol. The molecule has 4 heterocycles. The molecule has 1 aliphatic heterocycles. The molecule has 1 aliphatic rings. The normalized spacial score (nSPS) is 17.2. The van der Waals surface area contributed by atoms with E-state index in [1.165, 1.54) is 11.3 Å². The fraction of sp³-hybridized carbons (Fsp3) is 0.263. The van der Waals surface area contributed by atoms with Gasteiger partial charge in [-0.2, -0.15) is 5.10 Å². The minimum atomic E-state index is -0.322. The summed E-state index contributed by atoms with van der Waals surface area (Å²) in [7, 11) is 1.84. The van der Waals surface area contributed by atoms with E-state index in [4.69, 9.17) is 11.6 Å². The van der Waals surface area contributed by atoms with Gasteiger partial charge in [-0.05, 0) is 25.0 Å². The van der Waals surface area contributed by atoms with Gasteiger partial charge >= 0.3 is 0 Å². The molecule has 1 atom stereocenters. The summed E-state index contributed by atoms with van der Waals surface area (Å²) in [6, 6.07) is 9.08. The maximum atomic E-state index is 12.9. The van der Waals surface area contributed by atoms with Crippen LogP contribution in [0.3, 0.4) is 0 Å². The van der Waals surface area contributed by atoms with Crippen LogP contribution in [0.5, 0.6) is 0 Å². The van der Waals surface area contributed by atoms with Crippen LogP contribution in [0.1, 0.15) is 12.8 Å². The fourth-order valence-electron chi connectivity index (χ4n) is 3.45. The second-order valence-corrected chi connectivity index (χ2v) is 8.34. The molecule has 0 radical (unpaired) electrons. The minimum absolute atomic E-state index is 0.0182. The van der Waals surface area contributed by atoms with Crippen molar-refractivity contribution < 1.29 is 4.79 Å². The summed E-state index contributed by atoms with van der Waals surface area (Å²) in [4.78, 5) is 20.1. The highest BCUT2D eigenvalue weighted by atomic mass is 35.5. The number of hydrogen-bond acceptors (Lipinski definition) is 6. The van der Waals surface area contributed by atoms with Gasteiger partial charge in [0.05, 0.1) is 11.9 Å². The summed E-state index contributed by atoms with van der Waals surface area (Å²) in [6.07, 6.45) is 5.39. The quantitative estimate of drug-likeness (QED) is 0.539. The van der Waals surface area contributed by atoms with Crippen molar-refractivity contribution in [2.45, 2.75) is 18.9 Å². The summed E-state index contributed by atoms with van der Waals surface area (Å²) >= 11 is 7.38. The number of piperidine rings is 1. The number of fused-ring (bicyclic) bond motifs is 1. The lowest BCUT2D eigenvalue weighted by Gasteiger charge is -2.30. The number of anilines is 2. The van der Waals surface area contributed by atoms with Crippen molar-refractivity contribution >= 4 is 44.8 Å². The van der Waals surface area contributed by atoms with Crippen LogP contribution in [0.25, 0.3) is 16.2 Å². The van der Waals surface area contributed by atoms with Gasteiger partial charge in [0.2, 0.25) is 10.1 Å². The molecular formula is C19H18ClN7OS. The van der Waals surface area contributed by atoms with Gasteiger partial charge in [-0.3, -0.25) is 14.4 Å². The molecule has 0 spiro atoms. The Balaban J connectivity index is 1.34. The molecule has 29 heavy (non-hydrogen) atoms. The SMILES string of the molecule is Cn1ccc(N2CCCC(Nc3nn4cc(-c5ccc(Cl)cc5)nc4s3)C2=O)n1. The van der Waals surface area contributed by atoms with E-state index < -0.39 is 0 Å². The van der Waals surface area contributed by atoms with E-state index in [0.29, 0.717) is 22.5 Å². The first kappa shape index (κ1) is 18.1. The van der Waals surface area contributed by atoms with Gasteiger partial charge in [0, 0.05) is 36.4 Å². The van der Waals surface area contributed by atoms with Crippen LogP contribution in [0, 0.1) is 0 Å². The Kier molecular flexibility index (Phi) is 4.48. The lowest BCUT2D eigenvalue weighted by Crippen LogP contribution is -2.48. The number of benzene rings is 1. The lowest BCUT2D eigenvalue weighted by molar-refractivity contribution is -0.120. The summed E-state index contributed by atoms with van der Waals surface area (Å²) in [5, 5.41) is 13.6. The van der Waals surface area contributed by atoms with Crippen LogP contribution in [-0.2, 0) is 11.8 Å². The summed E-state index contributed by atoms with van der Waals surface area (Å²) < 4.78 is 3.44. The molecule has 1 fully saturated rings. The third kappa shape index (κ3) is 3.47. The largest absolute Gasteiger partial charge is 0.348 e. The highest BCUT2D eigenvalue weighted by Crippen LogP contribution is 2.27. The number of rotatable bonds is 4. The number of nitrogens with one attached hydrogen (secondary N) is 1. The maximum absolute atomic E-state index is 12.9. The highest BCUT2D eigenvalue weighted by Gasteiger charge is 2.31. The molecule has 3 aromatic heterocycles. The zero-order valence-electron chi connectivity index (χ0n) is 15.6. The van der Waals surface area contributed by atoms with Gasteiger partial charge < -0.3 is 5.32 Å². The highest BCUT2D eigenvalue weighted by molar-refractivity contribution is 7.20. The molecule has 5 rings (SSSR count). The second-order valence-electron chi connectivity index (χ2n) is 6.94. The molecule has 1 aromatic carbocycles. The van der Waals surface area contributed by atoms with E-state index in [1.807, 2.05) is 49.8 Å². The first-order chi connectivity index (χ1) is 14.1. The standard InChI is InChI=1S/C19H18ClN7OS/c1-25-10-8-16(23-25)26-9-2-3-14(17(26)28)21-18-24-27-11-15(22-19(27)29-18)12-4-6-13(20)7-5-12/h4-8,10-11,14H,2-3,9H2,1H3,(H,21,24). The fourth-order valence-corrected chi connectivity index (χ4v) is 4.41. The average Bonchev–Trinajstić information content (AvgIpc) is 3.39. The minimum Gasteiger partial charge on any atom is -0.348 e. The third-order valence-electron chi connectivity index (χ3n) is 4.90. The molecule has 0 aliphatic carbocycles. The van der Waals surface area contributed by atoms with E-state index in [2.05, 4.69) is 20.5 Å². The predicted octanol–water partition coefficient (Wildman–Crippen LogP) is 3.45. The van der Waals surface area contributed by atoms with Gasteiger partial charge in [0.1, 0.15) is 6.04 Å². The summed E-state index contributed by atoms with van der Waals surface area (Å²) in [5.74, 6) is 0.704. The van der Waals surface area contributed by atoms with E-state index >= 15 is 0 Å². The summed E-state index contributed by atoms with van der Waals surface area (Å²) in [6.45, 7) is 0.680. The van der Waals surface area contributed by atoms with Crippen LogP contribution < -0.4 is 10.2 Å². The molecule has 1 amide bonds. The van der Waals surface area contributed by atoms with E-state index in [0.717, 1.165) is 29.1 Å². The topological polar surface area (TPSA) is 80.4 Å². The average molecular weight is 428 g/mol. The molecule has 0 saturated carbocycles. The number of nitrogens with zero attached hydrogens (tertiary/aromatic N) is 6. The van der Waals surface area contributed by atoms with Gasteiger partial charge in [-0.15, -0.1) is 5.10 Å². The second kappa shape index (κ2) is 7.16. The molecule has 148 valence electrons. The van der Waals surface area contributed by atoms with Crippen molar-refractivity contribution in [2.75, 3.05) is 16.8 Å². The molecule has 8 nitrogen and oxygen atoms in total. The van der Waals surface area contributed by atoms with E-state index in [1.54, 1.807) is 14.1 Å². The van der Waals surface area contributed by atoms with Crippen molar-refractivity contribution in [1.29, 1.82) is 0 Å². The van der Waals surface area contributed by atoms with Crippen molar-refractivity contribution in [3.63, 3.8) is 0 Å². The molecular weight excluding hydrogens is 410 g/mol. The van der Waals surface area contributed by atoms with E-state index in [-0.39, 0.29) is 11.9 Å². The van der Waals surface area contributed by atoms with Crippen LogP contribution in [0.4, 0.5) is 10.9 Å². The lowest BCUT2D eigenvalue weighted by atomic mass is 10.1. The number of hydrogen-bond donors (Lipinski definition) is 1.